The lowest BCUT2D eigenvalue weighted by molar-refractivity contribution is -0.126. The lowest BCUT2D eigenvalue weighted by atomic mass is 9.98. The summed E-state index contributed by atoms with van der Waals surface area (Å²) in [5.41, 5.74) is 0. The molecule has 9 heteroatoms. The van der Waals surface area contributed by atoms with Gasteiger partial charge in [-0.15, -0.1) is 5.10 Å². The molecular formula is C12H21N5O3S. The lowest BCUT2D eigenvalue weighted by Gasteiger charge is -2.22. The fraction of sp³-hybridized carbons (Fsp3) is 0.833. The molecule has 1 aliphatic heterocycles. The Hall–Kier alpha value is -1.51. The first-order valence-corrected chi connectivity index (χ1v) is 8.95. The summed E-state index contributed by atoms with van der Waals surface area (Å²) in [7, 11) is -2.92. The highest BCUT2D eigenvalue weighted by molar-refractivity contribution is 7.91. The molecular weight excluding hydrogens is 294 g/mol. The van der Waals surface area contributed by atoms with Crippen LogP contribution in [0.25, 0.3) is 0 Å². The quantitative estimate of drug-likeness (QED) is 0.780. The SMILES string of the molecule is CC[C@H](C)[C@@H](C(=O)NC[C@@H]1CCS(=O)(=O)C1)n1cnnn1. The molecule has 1 aliphatic rings. The summed E-state index contributed by atoms with van der Waals surface area (Å²) in [4.78, 5) is 12.4. The Morgan fingerprint density at radius 2 is 2.29 bits per heavy atom. The summed E-state index contributed by atoms with van der Waals surface area (Å²) in [6, 6.07) is -0.469. The van der Waals surface area contributed by atoms with Gasteiger partial charge in [0.2, 0.25) is 5.91 Å². The van der Waals surface area contributed by atoms with Gasteiger partial charge >= 0.3 is 0 Å². The molecule has 1 aromatic rings. The number of rotatable bonds is 6. The number of nitrogens with one attached hydrogen (secondary N) is 1. The van der Waals surface area contributed by atoms with Crippen LogP contribution in [0.2, 0.25) is 0 Å². The first-order valence-electron chi connectivity index (χ1n) is 7.13. The largest absolute Gasteiger partial charge is 0.354 e. The minimum atomic E-state index is -2.92. The van der Waals surface area contributed by atoms with Gasteiger partial charge in [-0.2, -0.15) is 0 Å². The van der Waals surface area contributed by atoms with Crippen molar-refractivity contribution in [2.45, 2.75) is 32.7 Å². The number of carbonyl (C=O) groups is 1. The van der Waals surface area contributed by atoms with E-state index in [0.717, 1.165) is 6.42 Å². The Balaban J connectivity index is 1.96. The summed E-state index contributed by atoms with van der Waals surface area (Å²) in [6.07, 6.45) is 2.85. The van der Waals surface area contributed by atoms with Gasteiger partial charge in [0.1, 0.15) is 12.4 Å². The summed E-state index contributed by atoms with van der Waals surface area (Å²) in [5, 5.41) is 13.8. The van der Waals surface area contributed by atoms with E-state index in [1.54, 1.807) is 0 Å². The van der Waals surface area contributed by atoms with Gasteiger partial charge in [-0.25, -0.2) is 13.1 Å². The molecule has 0 radical (unpaired) electrons. The Morgan fingerprint density at radius 1 is 1.52 bits per heavy atom. The Morgan fingerprint density at radius 3 is 2.81 bits per heavy atom. The summed E-state index contributed by atoms with van der Waals surface area (Å²) >= 11 is 0. The second-order valence-electron chi connectivity index (χ2n) is 5.63. The van der Waals surface area contributed by atoms with Gasteiger partial charge in [0.25, 0.3) is 0 Å². The van der Waals surface area contributed by atoms with Crippen LogP contribution in [0.15, 0.2) is 6.33 Å². The molecule has 1 amide bonds. The third-order valence-electron chi connectivity index (χ3n) is 3.99. The average molecular weight is 315 g/mol. The highest BCUT2D eigenvalue weighted by atomic mass is 32.2. The molecule has 1 saturated heterocycles. The first kappa shape index (κ1) is 15.9. The third-order valence-corrected chi connectivity index (χ3v) is 5.83. The Kier molecular flexibility index (Phi) is 4.92. The molecule has 0 bridgehead atoms. The van der Waals surface area contributed by atoms with Crippen LogP contribution >= 0.6 is 0 Å². The van der Waals surface area contributed by atoms with Crippen molar-refractivity contribution in [2.24, 2.45) is 11.8 Å². The summed E-state index contributed by atoms with van der Waals surface area (Å²) < 4.78 is 24.3. The van der Waals surface area contributed by atoms with E-state index in [1.807, 2.05) is 13.8 Å². The van der Waals surface area contributed by atoms with Crippen LogP contribution in [0, 0.1) is 11.8 Å². The van der Waals surface area contributed by atoms with E-state index in [1.165, 1.54) is 11.0 Å². The van der Waals surface area contributed by atoms with Crippen molar-refractivity contribution in [3.05, 3.63) is 6.33 Å². The van der Waals surface area contributed by atoms with Crippen molar-refractivity contribution in [1.82, 2.24) is 25.5 Å². The number of nitrogens with zero attached hydrogens (tertiary/aromatic N) is 4. The van der Waals surface area contributed by atoms with Crippen LogP contribution in [-0.4, -0.2) is 52.6 Å². The number of hydrogen-bond donors (Lipinski definition) is 1. The topological polar surface area (TPSA) is 107 Å². The minimum absolute atomic E-state index is 0.00500. The number of aromatic nitrogens is 4. The maximum absolute atomic E-state index is 12.4. The van der Waals surface area contributed by atoms with E-state index in [0.29, 0.717) is 13.0 Å². The fourth-order valence-electron chi connectivity index (χ4n) is 2.54. The molecule has 8 nitrogen and oxygen atoms in total. The van der Waals surface area contributed by atoms with E-state index in [4.69, 9.17) is 0 Å². The van der Waals surface area contributed by atoms with Crippen LogP contribution in [0.5, 0.6) is 0 Å². The van der Waals surface area contributed by atoms with Crippen molar-refractivity contribution < 1.29 is 13.2 Å². The van der Waals surface area contributed by atoms with Gasteiger partial charge in [0.15, 0.2) is 9.84 Å². The molecule has 1 N–H and O–H groups in total. The molecule has 3 atom stereocenters. The maximum atomic E-state index is 12.4. The number of tetrazole rings is 1. The summed E-state index contributed by atoms with van der Waals surface area (Å²) in [5.74, 6) is 0.300. The monoisotopic (exact) mass is 315 g/mol. The smallest absolute Gasteiger partial charge is 0.245 e. The molecule has 2 rings (SSSR count). The van der Waals surface area contributed by atoms with E-state index < -0.39 is 15.9 Å². The van der Waals surface area contributed by atoms with Crippen LogP contribution in [0.1, 0.15) is 32.7 Å². The Labute approximate surface area is 124 Å². The van der Waals surface area contributed by atoms with Gasteiger partial charge in [-0.05, 0) is 28.7 Å². The highest BCUT2D eigenvalue weighted by Gasteiger charge is 2.31. The van der Waals surface area contributed by atoms with E-state index >= 15 is 0 Å². The number of amides is 1. The predicted molar refractivity (Wildman–Crippen MR) is 76.1 cm³/mol. The molecule has 0 saturated carbocycles. The average Bonchev–Trinajstić information content (AvgIpc) is 3.06. The lowest BCUT2D eigenvalue weighted by Crippen LogP contribution is -2.39. The molecule has 0 aromatic carbocycles. The van der Waals surface area contributed by atoms with Crippen molar-refractivity contribution in [1.29, 1.82) is 0 Å². The molecule has 0 unspecified atom stereocenters. The van der Waals surface area contributed by atoms with E-state index in [9.17, 15) is 13.2 Å². The van der Waals surface area contributed by atoms with Crippen molar-refractivity contribution in [3.63, 3.8) is 0 Å². The molecule has 0 aliphatic carbocycles. The molecule has 1 aromatic heterocycles. The second-order valence-corrected chi connectivity index (χ2v) is 7.86. The predicted octanol–water partition coefficient (Wildman–Crippen LogP) is -0.189. The fourth-order valence-corrected chi connectivity index (χ4v) is 4.40. The van der Waals surface area contributed by atoms with Gasteiger partial charge in [0.05, 0.1) is 11.5 Å². The van der Waals surface area contributed by atoms with Gasteiger partial charge in [-0.1, -0.05) is 20.3 Å². The zero-order valence-corrected chi connectivity index (χ0v) is 13.1. The van der Waals surface area contributed by atoms with Crippen LogP contribution in [0.4, 0.5) is 0 Å². The normalized spacial score (nSPS) is 23.6. The standard InChI is InChI=1S/C12H21N5O3S/c1-3-9(2)11(17-8-14-15-16-17)12(18)13-6-10-4-5-21(19,20)7-10/h8-11H,3-7H2,1-2H3,(H,13,18)/t9-,10-,11-/m0/s1. The Bertz CT molecular complexity index is 572. The third kappa shape index (κ3) is 3.99. The molecule has 1 fully saturated rings. The van der Waals surface area contributed by atoms with Crippen molar-refractivity contribution >= 4 is 15.7 Å². The highest BCUT2D eigenvalue weighted by Crippen LogP contribution is 2.21. The van der Waals surface area contributed by atoms with Crippen LogP contribution in [0.3, 0.4) is 0 Å². The van der Waals surface area contributed by atoms with Crippen LogP contribution < -0.4 is 5.32 Å². The van der Waals surface area contributed by atoms with E-state index in [-0.39, 0.29) is 29.2 Å². The van der Waals surface area contributed by atoms with Crippen molar-refractivity contribution in [2.75, 3.05) is 18.1 Å². The maximum Gasteiger partial charge on any atom is 0.245 e. The second kappa shape index (κ2) is 6.50. The summed E-state index contributed by atoms with van der Waals surface area (Å²) in [6.45, 7) is 4.35. The van der Waals surface area contributed by atoms with Gasteiger partial charge in [-0.3, -0.25) is 4.79 Å². The first-order chi connectivity index (χ1) is 9.93. The molecule has 0 spiro atoms. The number of sulfone groups is 1. The van der Waals surface area contributed by atoms with Crippen molar-refractivity contribution in [3.8, 4) is 0 Å². The zero-order valence-electron chi connectivity index (χ0n) is 12.3. The number of hydrogen-bond acceptors (Lipinski definition) is 6. The molecule has 21 heavy (non-hydrogen) atoms. The van der Waals surface area contributed by atoms with Crippen LogP contribution in [-0.2, 0) is 14.6 Å². The number of carbonyl (C=O) groups excluding carboxylic acids is 1. The van der Waals surface area contributed by atoms with E-state index in [2.05, 4.69) is 20.8 Å². The van der Waals surface area contributed by atoms with Gasteiger partial charge < -0.3 is 5.32 Å². The zero-order chi connectivity index (χ0) is 15.5. The minimum Gasteiger partial charge on any atom is -0.354 e. The molecule has 118 valence electrons. The van der Waals surface area contributed by atoms with Gasteiger partial charge in [0, 0.05) is 6.54 Å². The molecule has 2 heterocycles.